The highest BCUT2D eigenvalue weighted by molar-refractivity contribution is 7.51. The molecule has 0 aromatic rings. The Morgan fingerprint density at radius 2 is 2.18 bits per heavy atom. The van der Waals surface area contributed by atoms with Crippen LogP contribution in [0.25, 0.3) is 0 Å². The van der Waals surface area contributed by atoms with Crippen molar-refractivity contribution in [3.63, 3.8) is 0 Å². The summed E-state index contributed by atoms with van der Waals surface area (Å²) >= 11 is 0. The second-order valence-electron chi connectivity index (χ2n) is 2.06. The summed E-state index contributed by atoms with van der Waals surface area (Å²) in [6.07, 6.45) is 0. The van der Waals surface area contributed by atoms with Crippen molar-refractivity contribution in [3.05, 3.63) is 0 Å². The second kappa shape index (κ2) is 4.18. The minimum Gasteiger partial charge on any atom is -0.383 e. The molecule has 66 valence electrons. The summed E-state index contributed by atoms with van der Waals surface area (Å²) in [7, 11) is -1.35. The van der Waals surface area contributed by atoms with E-state index in [0.717, 1.165) is 0 Å². The van der Waals surface area contributed by atoms with E-state index in [1.807, 2.05) is 0 Å². The summed E-state index contributed by atoms with van der Waals surface area (Å²) in [6, 6.07) is 0. The van der Waals surface area contributed by atoms with Gasteiger partial charge < -0.3 is 4.74 Å². The molecule has 1 fully saturated rings. The van der Waals surface area contributed by atoms with Crippen LogP contribution < -0.4 is 5.09 Å². The zero-order chi connectivity index (χ0) is 8.16. The lowest BCUT2D eigenvalue weighted by molar-refractivity contribution is 0.201. The van der Waals surface area contributed by atoms with Crippen LogP contribution in [0.4, 0.5) is 0 Å². The van der Waals surface area contributed by atoms with Gasteiger partial charge in [0.15, 0.2) is 0 Å². The van der Waals surface area contributed by atoms with E-state index in [1.165, 1.54) is 0 Å². The van der Waals surface area contributed by atoms with Gasteiger partial charge in [-0.15, -0.1) is 0 Å². The first kappa shape index (κ1) is 9.16. The van der Waals surface area contributed by atoms with Gasteiger partial charge in [0.1, 0.15) is 0 Å². The first-order valence-corrected chi connectivity index (χ1v) is 4.94. The molecule has 1 rings (SSSR count). The van der Waals surface area contributed by atoms with Crippen molar-refractivity contribution in [2.24, 2.45) is 0 Å². The fraction of sp³-hybridized carbons (Fsp3) is 1.00. The topological polar surface area (TPSA) is 56.8 Å². The molecule has 1 heterocycles. The summed E-state index contributed by atoms with van der Waals surface area (Å²) in [5.41, 5.74) is 0. The van der Waals surface area contributed by atoms with Crippen molar-refractivity contribution in [3.8, 4) is 0 Å². The molecular weight excluding hydrogens is 169 g/mol. The minimum absolute atomic E-state index is 0.400. The van der Waals surface area contributed by atoms with Gasteiger partial charge in [0.25, 0.3) is 0 Å². The Bertz CT molecular complexity index is 153. The zero-order valence-electron chi connectivity index (χ0n) is 6.41. The van der Waals surface area contributed by atoms with Gasteiger partial charge in [0.2, 0.25) is 0 Å². The highest BCUT2D eigenvalue weighted by atomic mass is 31.2. The molecule has 0 aliphatic carbocycles. The van der Waals surface area contributed by atoms with E-state index in [2.05, 4.69) is 5.09 Å². The van der Waals surface area contributed by atoms with Gasteiger partial charge in [-0.25, -0.2) is 9.65 Å². The Labute approximate surface area is 65.6 Å². The first-order chi connectivity index (χ1) is 5.27. The van der Waals surface area contributed by atoms with Crippen molar-refractivity contribution in [2.45, 2.75) is 0 Å². The predicted octanol–water partition coefficient (Wildman–Crippen LogP) is 0.377. The maximum absolute atomic E-state index is 11.3. The van der Waals surface area contributed by atoms with Crippen LogP contribution in [-0.4, -0.2) is 33.5 Å². The summed E-state index contributed by atoms with van der Waals surface area (Å²) < 4.78 is 25.7. The molecule has 1 aliphatic heterocycles. The molecule has 0 aromatic carbocycles. The Hall–Kier alpha value is 0.0700. The molecule has 11 heavy (non-hydrogen) atoms. The normalized spacial score (nSPS) is 22.3. The van der Waals surface area contributed by atoms with Crippen molar-refractivity contribution in [2.75, 3.05) is 33.5 Å². The molecule has 0 spiro atoms. The van der Waals surface area contributed by atoms with Crippen LogP contribution in [0.5, 0.6) is 0 Å². The van der Waals surface area contributed by atoms with E-state index < -0.39 is 7.75 Å². The molecule has 0 unspecified atom stereocenters. The predicted molar refractivity (Wildman–Crippen MR) is 39.4 cm³/mol. The number of nitrogens with one attached hydrogen (secondary N) is 1. The molecule has 0 radical (unpaired) electrons. The quantitative estimate of drug-likeness (QED) is 0.501. The number of hydrogen-bond acceptors (Lipinski definition) is 4. The Kier molecular flexibility index (Phi) is 3.48. The molecule has 5 nitrogen and oxygen atoms in total. The van der Waals surface area contributed by atoms with Gasteiger partial charge in [0.05, 0.1) is 19.8 Å². The van der Waals surface area contributed by atoms with Crippen molar-refractivity contribution in [1.29, 1.82) is 0 Å². The molecule has 0 bridgehead atoms. The van der Waals surface area contributed by atoms with Crippen LogP contribution in [0, 0.1) is 0 Å². The fourth-order valence-corrected chi connectivity index (χ4v) is 1.98. The molecule has 1 aliphatic rings. The van der Waals surface area contributed by atoms with E-state index in [1.54, 1.807) is 7.11 Å². The zero-order valence-corrected chi connectivity index (χ0v) is 7.30. The third-order valence-electron chi connectivity index (χ3n) is 1.22. The monoisotopic (exact) mass is 181 g/mol. The molecule has 0 amide bonds. The summed E-state index contributed by atoms with van der Waals surface area (Å²) in [6.45, 7) is 1.78. The van der Waals surface area contributed by atoms with E-state index in [9.17, 15) is 4.57 Å². The Morgan fingerprint density at radius 1 is 1.55 bits per heavy atom. The first-order valence-electron chi connectivity index (χ1n) is 3.40. The fourth-order valence-electron chi connectivity index (χ4n) is 0.728. The Morgan fingerprint density at radius 3 is 2.73 bits per heavy atom. The maximum atomic E-state index is 11.3. The summed E-state index contributed by atoms with van der Waals surface area (Å²) in [4.78, 5) is 0. The smallest absolute Gasteiger partial charge is 0.383 e. The standard InChI is InChI=1S/C5H12NO4P/c1-8-3-2-6-11(7)9-4-5-10-11/h2-5H2,1H3,(H,6,7). The SMILES string of the molecule is COCCNP1(=O)OCCO1. The van der Waals surface area contributed by atoms with E-state index in [0.29, 0.717) is 26.4 Å². The lowest BCUT2D eigenvalue weighted by Gasteiger charge is -2.09. The van der Waals surface area contributed by atoms with E-state index in [-0.39, 0.29) is 0 Å². The average molecular weight is 181 g/mol. The van der Waals surface area contributed by atoms with Crippen molar-refractivity contribution < 1.29 is 18.3 Å². The third kappa shape index (κ3) is 2.89. The van der Waals surface area contributed by atoms with Crippen LogP contribution in [0.3, 0.4) is 0 Å². The molecule has 1 saturated heterocycles. The van der Waals surface area contributed by atoms with Crippen LogP contribution in [-0.2, 0) is 18.3 Å². The second-order valence-corrected chi connectivity index (χ2v) is 3.89. The maximum Gasteiger partial charge on any atom is 0.405 e. The Balaban J connectivity index is 2.18. The highest BCUT2D eigenvalue weighted by Crippen LogP contribution is 2.46. The van der Waals surface area contributed by atoms with Gasteiger partial charge in [-0.2, -0.15) is 0 Å². The average Bonchev–Trinajstić information content (AvgIpc) is 2.38. The molecule has 6 heteroatoms. The van der Waals surface area contributed by atoms with Crippen LogP contribution in [0.15, 0.2) is 0 Å². The van der Waals surface area contributed by atoms with Crippen LogP contribution in [0.1, 0.15) is 0 Å². The van der Waals surface area contributed by atoms with E-state index >= 15 is 0 Å². The lowest BCUT2D eigenvalue weighted by atomic mass is 10.7. The summed E-state index contributed by atoms with van der Waals surface area (Å²) in [5.74, 6) is 0. The van der Waals surface area contributed by atoms with Gasteiger partial charge >= 0.3 is 7.75 Å². The minimum atomic E-state index is -2.93. The number of ether oxygens (including phenoxy) is 1. The molecule has 0 atom stereocenters. The van der Waals surface area contributed by atoms with Gasteiger partial charge in [-0.05, 0) is 0 Å². The highest BCUT2D eigenvalue weighted by Gasteiger charge is 2.28. The van der Waals surface area contributed by atoms with Gasteiger partial charge in [-0.1, -0.05) is 0 Å². The van der Waals surface area contributed by atoms with Crippen molar-refractivity contribution >= 4 is 7.75 Å². The summed E-state index contributed by atoms with van der Waals surface area (Å²) in [5, 5.41) is 2.64. The van der Waals surface area contributed by atoms with Gasteiger partial charge in [0, 0.05) is 13.7 Å². The number of rotatable bonds is 4. The van der Waals surface area contributed by atoms with Gasteiger partial charge in [-0.3, -0.25) is 9.05 Å². The largest absolute Gasteiger partial charge is 0.405 e. The third-order valence-corrected chi connectivity index (χ3v) is 2.87. The number of methoxy groups -OCH3 is 1. The van der Waals surface area contributed by atoms with Crippen LogP contribution >= 0.6 is 7.75 Å². The number of hydrogen-bond donors (Lipinski definition) is 1. The lowest BCUT2D eigenvalue weighted by Crippen LogP contribution is -2.16. The molecule has 0 saturated carbocycles. The van der Waals surface area contributed by atoms with E-state index in [4.69, 9.17) is 13.8 Å². The van der Waals surface area contributed by atoms with Crippen LogP contribution in [0.2, 0.25) is 0 Å². The molecule has 1 N–H and O–H groups in total. The van der Waals surface area contributed by atoms with Crippen molar-refractivity contribution in [1.82, 2.24) is 5.09 Å². The molecular formula is C5H12NO4P. The molecule has 0 aromatic heterocycles.